The lowest BCUT2D eigenvalue weighted by Crippen LogP contribution is -2.52. The fourth-order valence-corrected chi connectivity index (χ4v) is 8.07. The highest BCUT2D eigenvalue weighted by molar-refractivity contribution is 6.31. The smallest absolute Gasteiger partial charge is 0.310 e. The van der Waals surface area contributed by atoms with Crippen LogP contribution in [0.2, 0.25) is 5.02 Å². The number of halogens is 3. The van der Waals surface area contributed by atoms with Crippen molar-refractivity contribution in [3.63, 3.8) is 0 Å². The predicted molar refractivity (Wildman–Crippen MR) is 158 cm³/mol. The zero-order valence-electron chi connectivity index (χ0n) is 25.3. The zero-order valence-corrected chi connectivity index (χ0v) is 26.1. The number of rotatable bonds is 9. The van der Waals surface area contributed by atoms with Crippen LogP contribution in [0, 0.1) is 16.7 Å². The minimum absolute atomic E-state index is 0.00138. The van der Waals surface area contributed by atoms with Crippen LogP contribution in [0.15, 0.2) is 12.1 Å². The summed E-state index contributed by atoms with van der Waals surface area (Å²) in [5.41, 5.74) is 0.00146. The number of carboxylic acid groups (broad SMARTS) is 1. The number of carbonyl (C=O) groups is 3. The number of amides is 2. The van der Waals surface area contributed by atoms with Gasteiger partial charge in [-0.2, -0.15) is 0 Å². The number of alkyl halides is 2. The van der Waals surface area contributed by atoms with Crippen molar-refractivity contribution < 1.29 is 33.0 Å². The molecular weight excluding hydrogens is 608 g/mol. The number of hydrogen-bond acceptors (Lipinski definition) is 6. The molecule has 13 heteroatoms. The molecule has 1 aromatic heterocycles. The summed E-state index contributed by atoms with van der Waals surface area (Å²) in [5.74, 6) is -1.55. The second-order valence-corrected chi connectivity index (χ2v) is 14.3. The van der Waals surface area contributed by atoms with Gasteiger partial charge in [-0.1, -0.05) is 29.7 Å². The van der Waals surface area contributed by atoms with Gasteiger partial charge in [0, 0.05) is 36.6 Å². The fourth-order valence-electron chi connectivity index (χ4n) is 7.81. The molecule has 2 aromatic rings. The molecule has 1 N–H and O–H groups in total. The topological polar surface area (TPSA) is 118 Å². The molecule has 0 radical (unpaired) electrons. The molecule has 3 atom stereocenters. The summed E-state index contributed by atoms with van der Waals surface area (Å²) in [6, 6.07) is 2.64. The Morgan fingerprint density at radius 3 is 2.62 bits per heavy atom. The second-order valence-electron chi connectivity index (χ2n) is 13.9. The molecule has 45 heavy (non-hydrogen) atoms. The lowest BCUT2D eigenvalue weighted by atomic mass is 9.66. The molecule has 1 spiro atoms. The van der Waals surface area contributed by atoms with E-state index in [0.29, 0.717) is 55.1 Å². The van der Waals surface area contributed by atoms with Gasteiger partial charge in [0.05, 0.1) is 23.4 Å². The Morgan fingerprint density at radius 2 is 1.96 bits per heavy atom. The lowest BCUT2D eigenvalue weighted by molar-refractivity contribution is -0.162. The van der Waals surface area contributed by atoms with E-state index in [2.05, 4.69) is 10.3 Å². The SMILES string of the molecule is C[C@]1(C(=O)O)CCCC[C@H]1C(=O)N1CCc2c(Cl)ccc(OCc3nnn(C4CC4)c3C(F)F)c2[C@H]1CN1CC2(CC2)CC1=O. The molecule has 242 valence electrons. The quantitative estimate of drug-likeness (QED) is 0.383. The Kier molecular flexibility index (Phi) is 7.56. The molecule has 1 aromatic carbocycles. The summed E-state index contributed by atoms with van der Waals surface area (Å²) in [5, 5.41) is 18.7. The van der Waals surface area contributed by atoms with E-state index in [1.54, 1.807) is 24.0 Å². The first-order chi connectivity index (χ1) is 21.5. The summed E-state index contributed by atoms with van der Waals surface area (Å²) in [6.07, 6.45) is 4.03. The molecule has 3 aliphatic carbocycles. The second kappa shape index (κ2) is 11.2. The average Bonchev–Trinajstić information content (AvgIpc) is 3.92. The van der Waals surface area contributed by atoms with Gasteiger partial charge in [-0.15, -0.1) is 5.10 Å². The number of fused-ring (bicyclic) bond motifs is 1. The molecule has 3 heterocycles. The minimum Gasteiger partial charge on any atom is -0.487 e. The van der Waals surface area contributed by atoms with Crippen LogP contribution in [0.5, 0.6) is 5.75 Å². The van der Waals surface area contributed by atoms with Crippen LogP contribution in [0.4, 0.5) is 8.78 Å². The van der Waals surface area contributed by atoms with Crippen LogP contribution in [0.25, 0.3) is 0 Å². The molecule has 7 rings (SSSR count). The van der Waals surface area contributed by atoms with Crippen LogP contribution in [-0.4, -0.2) is 67.3 Å². The maximum atomic E-state index is 14.4. The predicted octanol–water partition coefficient (Wildman–Crippen LogP) is 5.50. The fraction of sp³-hybridized carbons (Fsp3) is 0.656. The number of aliphatic carboxylic acids is 1. The zero-order chi connectivity index (χ0) is 31.7. The maximum Gasteiger partial charge on any atom is 0.310 e. The van der Waals surface area contributed by atoms with Crippen molar-refractivity contribution in [2.75, 3.05) is 19.6 Å². The summed E-state index contributed by atoms with van der Waals surface area (Å²) >= 11 is 6.73. The molecule has 1 saturated heterocycles. The van der Waals surface area contributed by atoms with E-state index in [9.17, 15) is 28.3 Å². The standard InChI is InChI=1S/C32H38ClF2N5O5/c1-31(30(43)44)10-3-2-4-20(31)29(42)39-13-9-19-21(33)7-8-24(26(19)23(39)15-38-17-32(11-12-32)14-25(38)41)45-16-22-27(28(34)35)40(37-36-22)18-5-6-18/h7-8,18,20,23,28H,2-6,9-17H2,1H3,(H,43,44)/t20-,23+,31-/m0/s1. The van der Waals surface area contributed by atoms with E-state index in [0.717, 1.165) is 44.1 Å². The first-order valence-electron chi connectivity index (χ1n) is 16.0. The van der Waals surface area contributed by atoms with E-state index in [1.165, 1.54) is 4.68 Å². The Balaban J connectivity index is 1.25. The number of carboxylic acids is 1. The number of aromatic nitrogens is 3. The van der Waals surface area contributed by atoms with E-state index < -0.39 is 29.8 Å². The first kappa shape index (κ1) is 30.4. The minimum atomic E-state index is -2.77. The molecule has 4 fully saturated rings. The normalized spacial score (nSPS) is 27.3. The number of benzene rings is 1. The third kappa shape index (κ3) is 5.36. The molecule has 10 nitrogen and oxygen atoms in total. The van der Waals surface area contributed by atoms with Crippen molar-refractivity contribution in [3.05, 3.63) is 39.7 Å². The van der Waals surface area contributed by atoms with Crippen molar-refractivity contribution in [2.24, 2.45) is 16.7 Å². The summed E-state index contributed by atoms with van der Waals surface area (Å²) in [6.45, 7) is 2.53. The Morgan fingerprint density at radius 1 is 1.18 bits per heavy atom. The number of likely N-dealkylation sites (tertiary alicyclic amines) is 1. The van der Waals surface area contributed by atoms with Crippen molar-refractivity contribution >= 4 is 29.4 Å². The molecule has 2 amide bonds. The largest absolute Gasteiger partial charge is 0.487 e. The van der Waals surface area contributed by atoms with Crippen LogP contribution < -0.4 is 4.74 Å². The van der Waals surface area contributed by atoms with Gasteiger partial charge in [0.25, 0.3) is 6.43 Å². The number of carbonyl (C=O) groups excluding carboxylic acids is 2. The van der Waals surface area contributed by atoms with E-state index >= 15 is 0 Å². The Labute approximate surface area is 265 Å². The molecule has 2 aliphatic heterocycles. The molecule has 3 saturated carbocycles. The molecule has 0 unspecified atom stereocenters. The monoisotopic (exact) mass is 645 g/mol. The highest BCUT2D eigenvalue weighted by Gasteiger charge is 2.54. The van der Waals surface area contributed by atoms with Gasteiger partial charge in [0.15, 0.2) is 0 Å². The lowest BCUT2D eigenvalue weighted by Gasteiger charge is -2.45. The average molecular weight is 646 g/mol. The van der Waals surface area contributed by atoms with E-state index in [1.807, 2.05) is 4.90 Å². The molecular formula is C32H38ClF2N5O5. The molecule has 0 bridgehead atoms. The summed E-state index contributed by atoms with van der Waals surface area (Å²) in [4.78, 5) is 43.7. The van der Waals surface area contributed by atoms with Gasteiger partial charge >= 0.3 is 5.97 Å². The van der Waals surface area contributed by atoms with Crippen LogP contribution in [0.1, 0.15) is 106 Å². The highest BCUT2D eigenvalue weighted by Crippen LogP contribution is 2.54. The number of ether oxygens (including phenoxy) is 1. The van der Waals surface area contributed by atoms with Gasteiger partial charge in [0.2, 0.25) is 11.8 Å². The van der Waals surface area contributed by atoms with Crippen LogP contribution >= 0.6 is 11.6 Å². The van der Waals surface area contributed by atoms with Crippen LogP contribution in [0.3, 0.4) is 0 Å². The maximum absolute atomic E-state index is 14.4. The van der Waals surface area contributed by atoms with Crippen molar-refractivity contribution in [1.29, 1.82) is 0 Å². The van der Waals surface area contributed by atoms with E-state index in [-0.39, 0.29) is 47.8 Å². The Hall–Kier alpha value is -3.28. The van der Waals surface area contributed by atoms with Gasteiger partial charge in [-0.25, -0.2) is 13.5 Å². The molecule has 5 aliphatic rings. The number of nitrogens with zero attached hydrogens (tertiary/aromatic N) is 5. The third-order valence-electron chi connectivity index (χ3n) is 10.9. The Bertz CT molecular complexity index is 1540. The van der Waals surface area contributed by atoms with Crippen molar-refractivity contribution in [1.82, 2.24) is 24.8 Å². The summed E-state index contributed by atoms with van der Waals surface area (Å²) < 4.78 is 35.7. The van der Waals surface area contributed by atoms with Crippen molar-refractivity contribution in [2.45, 2.75) is 96.2 Å². The highest BCUT2D eigenvalue weighted by atomic mass is 35.5. The third-order valence-corrected chi connectivity index (χ3v) is 11.2. The van der Waals surface area contributed by atoms with Gasteiger partial charge in [-0.05, 0) is 75.0 Å². The van der Waals surface area contributed by atoms with Crippen molar-refractivity contribution in [3.8, 4) is 5.75 Å². The van der Waals surface area contributed by atoms with Gasteiger partial charge in [0.1, 0.15) is 23.7 Å². The number of hydrogen-bond donors (Lipinski definition) is 1. The van der Waals surface area contributed by atoms with Gasteiger partial charge < -0.3 is 19.6 Å². The summed E-state index contributed by atoms with van der Waals surface area (Å²) in [7, 11) is 0. The first-order valence-corrected chi connectivity index (χ1v) is 16.4. The van der Waals surface area contributed by atoms with Crippen LogP contribution in [-0.2, 0) is 27.4 Å². The van der Waals surface area contributed by atoms with E-state index in [4.69, 9.17) is 16.3 Å². The van der Waals surface area contributed by atoms with Gasteiger partial charge in [-0.3, -0.25) is 14.4 Å².